The van der Waals surface area contributed by atoms with Crippen molar-refractivity contribution >= 4 is 22.5 Å². The summed E-state index contributed by atoms with van der Waals surface area (Å²) in [5.74, 6) is 0.770. The van der Waals surface area contributed by atoms with Gasteiger partial charge in [-0.1, -0.05) is 29.8 Å². The monoisotopic (exact) mass is 292 g/mol. The van der Waals surface area contributed by atoms with Crippen LogP contribution in [0.1, 0.15) is 5.56 Å². The molecule has 4 nitrogen and oxygen atoms in total. The Kier molecular flexibility index (Phi) is 2.79. The summed E-state index contributed by atoms with van der Waals surface area (Å²) in [4.78, 5) is 16.7. The summed E-state index contributed by atoms with van der Waals surface area (Å²) in [6, 6.07) is 12.2. The SMILES string of the molecule is Cc1ccc(-c2csc(-c3nc4ncccc4[nH]3)n2)cc1. The van der Waals surface area contributed by atoms with E-state index in [4.69, 9.17) is 0 Å². The van der Waals surface area contributed by atoms with Crippen LogP contribution in [0, 0.1) is 6.92 Å². The van der Waals surface area contributed by atoms with Crippen LogP contribution < -0.4 is 0 Å². The number of benzene rings is 1. The van der Waals surface area contributed by atoms with E-state index >= 15 is 0 Å². The van der Waals surface area contributed by atoms with Gasteiger partial charge >= 0.3 is 0 Å². The average molecular weight is 292 g/mol. The van der Waals surface area contributed by atoms with E-state index < -0.39 is 0 Å². The molecule has 0 atom stereocenters. The van der Waals surface area contributed by atoms with Gasteiger partial charge in [-0.3, -0.25) is 0 Å². The van der Waals surface area contributed by atoms with Crippen molar-refractivity contribution in [2.24, 2.45) is 0 Å². The molecule has 0 saturated heterocycles. The molecule has 0 radical (unpaired) electrons. The highest BCUT2D eigenvalue weighted by Crippen LogP contribution is 2.28. The zero-order valence-electron chi connectivity index (χ0n) is 11.4. The predicted molar refractivity (Wildman–Crippen MR) is 85.2 cm³/mol. The Balaban J connectivity index is 1.75. The summed E-state index contributed by atoms with van der Waals surface area (Å²) in [5, 5.41) is 2.93. The molecule has 0 aliphatic heterocycles. The number of aromatic nitrogens is 4. The first kappa shape index (κ1) is 12.2. The van der Waals surface area contributed by atoms with Crippen LogP contribution in [-0.2, 0) is 0 Å². The summed E-state index contributed by atoms with van der Waals surface area (Å²) in [6.45, 7) is 2.08. The van der Waals surface area contributed by atoms with E-state index in [0.717, 1.165) is 33.3 Å². The Morgan fingerprint density at radius 3 is 2.71 bits per heavy atom. The van der Waals surface area contributed by atoms with Crippen LogP contribution in [-0.4, -0.2) is 19.9 Å². The number of aromatic amines is 1. The van der Waals surface area contributed by atoms with Crippen LogP contribution in [0.15, 0.2) is 48.0 Å². The van der Waals surface area contributed by atoms with Crippen LogP contribution in [0.3, 0.4) is 0 Å². The number of nitrogens with one attached hydrogen (secondary N) is 1. The van der Waals surface area contributed by atoms with Crippen molar-refractivity contribution in [1.29, 1.82) is 0 Å². The van der Waals surface area contributed by atoms with Crippen molar-refractivity contribution in [3.05, 3.63) is 53.5 Å². The van der Waals surface area contributed by atoms with Crippen LogP contribution in [0.25, 0.3) is 33.3 Å². The van der Waals surface area contributed by atoms with Crippen LogP contribution in [0.5, 0.6) is 0 Å². The van der Waals surface area contributed by atoms with Crippen LogP contribution in [0.4, 0.5) is 0 Å². The predicted octanol–water partition coefficient (Wildman–Crippen LogP) is 4.06. The fourth-order valence-electron chi connectivity index (χ4n) is 2.19. The Morgan fingerprint density at radius 1 is 1.05 bits per heavy atom. The van der Waals surface area contributed by atoms with Gasteiger partial charge in [-0.2, -0.15) is 0 Å². The highest BCUT2D eigenvalue weighted by molar-refractivity contribution is 7.13. The molecule has 0 amide bonds. The molecule has 4 aromatic rings. The van der Waals surface area contributed by atoms with Gasteiger partial charge in [0.1, 0.15) is 0 Å². The van der Waals surface area contributed by atoms with Gasteiger partial charge in [-0.25, -0.2) is 15.0 Å². The van der Waals surface area contributed by atoms with Gasteiger partial charge in [-0.15, -0.1) is 11.3 Å². The first-order valence-corrected chi connectivity index (χ1v) is 7.51. The molecule has 0 aliphatic rings. The van der Waals surface area contributed by atoms with E-state index in [2.05, 4.69) is 56.5 Å². The number of hydrogen-bond acceptors (Lipinski definition) is 4. The van der Waals surface area contributed by atoms with Crippen molar-refractivity contribution in [3.63, 3.8) is 0 Å². The Bertz CT molecular complexity index is 872. The maximum absolute atomic E-state index is 4.67. The minimum Gasteiger partial charge on any atom is -0.335 e. The van der Waals surface area contributed by atoms with E-state index in [9.17, 15) is 0 Å². The Hall–Kier alpha value is -2.53. The Morgan fingerprint density at radius 2 is 1.90 bits per heavy atom. The van der Waals surface area contributed by atoms with Crippen molar-refractivity contribution in [1.82, 2.24) is 19.9 Å². The quantitative estimate of drug-likeness (QED) is 0.606. The molecule has 0 spiro atoms. The fourth-order valence-corrected chi connectivity index (χ4v) is 2.96. The summed E-state index contributed by atoms with van der Waals surface area (Å²) < 4.78 is 0. The molecule has 0 unspecified atom stereocenters. The number of H-pyrrole nitrogens is 1. The minimum atomic E-state index is 0.722. The van der Waals surface area contributed by atoms with Gasteiger partial charge in [0.05, 0.1) is 11.2 Å². The summed E-state index contributed by atoms with van der Waals surface area (Å²) in [6.07, 6.45) is 1.74. The molecular weight excluding hydrogens is 280 g/mol. The lowest BCUT2D eigenvalue weighted by atomic mass is 10.1. The second kappa shape index (κ2) is 4.79. The van der Waals surface area contributed by atoms with Crippen molar-refractivity contribution in [2.45, 2.75) is 6.92 Å². The molecule has 21 heavy (non-hydrogen) atoms. The van der Waals surface area contributed by atoms with Gasteiger partial charge in [0.2, 0.25) is 0 Å². The third-order valence-corrected chi connectivity index (χ3v) is 4.16. The largest absolute Gasteiger partial charge is 0.335 e. The minimum absolute atomic E-state index is 0.722. The molecule has 0 aliphatic carbocycles. The summed E-state index contributed by atoms with van der Waals surface area (Å²) in [7, 11) is 0. The van der Waals surface area contributed by atoms with Gasteiger partial charge < -0.3 is 4.98 Å². The number of hydrogen-bond donors (Lipinski definition) is 1. The van der Waals surface area contributed by atoms with Crippen molar-refractivity contribution < 1.29 is 0 Å². The molecular formula is C16H12N4S. The van der Waals surface area contributed by atoms with Crippen LogP contribution in [0.2, 0.25) is 0 Å². The van der Waals surface area contributed by atoms with Crippen molar-refractivity contribution in [2.75, 3.05) is 0 Å². The third kappa shape index (κ3) is 2.21. The first-order valence-electron chi connectivity index (χ1n) is 6.63. The second-order valence-electron chi connectivity index (χ2n) is 4.86. The van der Waals surface area contributed by atoms with Crippen LogP contribution >= 0.6 is 11.3 Å². The number of aryl methyl sites for hydroxylation is 1. The van der Waals surface area contributed by atoms with Gasteiger partial charge in [-0.05, 0) is 19.1 Å². The lowest BCUT2D eigenvalue weighted by Crippen LogP contribution is -1.81. The number of fused-ring (bicyclic) bond motifs is 1. The number of nitrogens with zero attached hydrogens (tertiary/aromatic N) is 3. The maximum Gasteiger partial charge on any atom is 0.178 e. The molecule has 0 fully saturated rings. The molecule has 0 saturated carbocycles. The highest BCUT2D eigenvalue weighted by atomic mass is 32.1. The standard InChI is InChI=1S/C16H12N4S/c1-10-4-6-11(7-5-10)13-9-21-16(19-13)15-18-12-3-2-8-17-14(12)20-15/h2-9H,1H3,(H,17,18,20). The molecule has 4 rings (SSSR count). The second-order valence-corrected chi connectivity index (χ2v) is 5.72. The number of thiazole rings is 1. The summed E-state index contributed by atoms with van der Waals surface area (Å²) >= 11 is 1.58. The number of imidazole rings is 1. The van der Waals surface area contributed by atoms with E-state index in [1.54, 1.807) is 17.5 Å². The fraction of sp³-hybridized carbons (Fsp3) is 0.0625. The zero-order valence-corrected chi connectivity index (χ0v) is 12.2. The van der Waals surface area contributed by atoms with Gasteiger partial charge in [0.15, 0.2) is 16.5 Å². The molecule has 0 bridgehead atoms. The number of rotatable bonds is 2. The molecule has 1 N–H and O–H groups in total. The highest BCUT2D eigenvalue weighted by Gasteiger charge is 2.11. The lowest BCUT2D eigenvalue weighted by molar-refractivity contribution is 1.27. The van der Waals surface area contributed by atoms with Gasteiger partial charge in [0.25, 0.3) is 0 Å². The van der Waals surface area contributed by atoms with Crippen molar-refractivity contribution in [3.8, 4) is 22.1 Å². The van der Waals surface area contributed by atoms with E-state index in [1.807, 2.05) is 12.1 Å². The normalized spacial score (nSPS) is 11.1. The lowest BCUT2D eigenvalue weighted by Gasteiger charge is -1.96. The maximum atomic E-state index is 4.67. The van der Waals surface area contributed by atoms with E-state index in [0.29, 0.717) is 0 Å². The third-order valence-electron chi connectivity index (χ3n) is 3.31. The van der Waals surface area contributed by atoms with E-state index in [1.165, 1.54) is 5.56 Å². The zero-order chi connectivity index (χ0) is 14.2. The summed E-state index contributed by atoms with van der Waals surface area (Å²) in [5.41, 5.74) is 5.00. The average Bonchev–Trinajstić information content (AvgIpc) is 3.14. The molecule has 3 heterocycles. The van der Waals surface area contributed by atoms with E-state index in [-0.39, 0.29) is 0 Å². The molecule has 102 valence electrons. The Labute approximate surface area is 125 Å². The molecule has 5 heteroatoms. The smallest absolute Gasteiger partial charge is 0.178 e. The molecule has 3 aromatic heterocycles. The van der Waals surface area contributed by atoms with Gasteiger partial charge in [0, 0.05) is 17.1 Å². The number of pyridine rings is 1. The first-order chi connectivity index (χ1) is 10.3. The topological polar surface area (TPSA) is 54.5 Å². The molecule has 1 aromatic carbocycles.